The zero-order valence-electron chi connectivity index (χ0n) is 10.3. The molecule has 0 radical (unpaired) electrons. The van der Waals surface area contributed by atoms with Gasteiger partial charge in [0.25, 0.3) is 5.91 Å². The third-order valence-electron chi connectivity index (χ3n) is 2.65. The number of halogens is 5. The minimum absolute atomic E-state index is 0.277. The van der Waals surface area contributed by atoms with Crippen molar-refractivity contribution in [3.8, 4) is 0 Å². The van der Waals surface area contributed by atoms with Crippen molar-refractivity contribution in [3.63, 3.8) is 0 Å². The fraction of sp³-hybridized carbons (Fsp3) is 0.0714. The van der Waals surface area contributed by atoms with Crippen LogP contribution < -0.4 is 5.32 Å². The van der Waals surface area contributed by atoms with E-state index < -0.39 is 17.6 Å². The summed E-state index contributed by atoms with van der Waals surface area (Å²) in [6, 6.07) is 8.82. The van der Waals surface area contributed by atoms with E-state index in [2.05, 4.69) is 21.2 Å². The van der Waals surface area contributed by atoms with Gasteiger partial charge in [-0.25, -0.2) is 0 Å². The number of rotatable bonds is 2. The number of nitrogens with one attached hydrogen (secondary N) is 1. The number of hydrogen-bond acceptors (Lipinski definition) is 1. The first-order chi connectivity index (χ1) is 9.77. The molecule has 110 valence electrons. The van der Waals surface area contributed by atoms with Gasteiger partial charge in [0.1, 0.15) is 0 Å². The number of hydrogen-bond donors (Lipinski definition) is 1. The molecule has 0 spiro atoms. The second-order valence-corrected chi connectivity index (χ2v) is 5.42. The van der Waals surface area contributed by atoms with Crippen molar-refractivity contribution < 1.29 is 18.0 Å². The van der Waals surface area contributed by atoms with Crippen molar-refractivity contribution in [1.82, 2.24) is 0 Å². The van der Waals surface area contributed by atoms with Crippen LogP contribution in [-0.2, 0) is 6.18 Å². The third kappa shape index (κ3) is 3.98. The lowest BCUT2D eigenvalue weighted by atomic mass is 10.2. The monoisotopic (exact) mass is 377 g/mol. The Balaban J connectivity index is 2.14. The molecule has 0 aliphatic heterocycles. The lowest BCUT2D eigenvalue weighted by molar-refractivity contribution is -0.137. The van der Waals surface area contributed by atoms with Gasteiger partial charge >= 0.3 is 6.18 Å². The molecule has 2 rings (SSSR count). The Morgan fingerprint density at radius 1 is 1.10 bits per heavy atom. The van der Waals surface area contributed by atoms with Gasteiger partial charge < -0.3 is 5.32 Å². The fourth-order valence-electron chi connectivity index (χ4n) is 1.58. The van der Waals surface area contributed by atoms with Gasteiger partial charge in [-0.15, -0.1) is 0 Å². The van der Waals surface area contributed by atoms with Gasteiger partial charge in [0, 0.05) is 15.7 Å². The van der Waals surface area contributed by atoms with Crippen molar-refractivity contribution >= 4 is 39.1 Å². The van der Waals surface area contributed by atoms with E-state index in [0.29, 0.717) is 15.1 Å². The minimum Gasteiger partial charge on any atom is -0.322 e. The van der Waals surface area contributed by atoms with Gasteiger partial charge in [0.05, 0.1) is 10.6 Å². The average molecular weight is 379 g/mol. The van der Waals surface area contributed by atoms with E-state index in [4.69, 9.17) is 11.6 Å². The average Bonchev–Trinajstić information content (AvgIpc) is 2.41. The summed E-state index contributed by atoms with van der Waals surface area (Å²) >= 11 is 9.01. The lowest BCUT2D eigenvalue weighted by Gasteiger charge is -2.09. The van der Waals surface area contributed by atoms with Gasteiger partial charge in [-0.05, 0) is 58.4 Å². The number of benzene rings is 2. The Morgan fingerprint density at radius 2 is 1.71 bits per heavy atom. The molecule has 2 nitrogen and oxygen atoms in total. The molecule has 0 unspecified atom stereocenters. The molecular formula is C14H8BrClF3NO. The van der Waals surface area contributed by atoms with Crippen LogP contribution in [0.15, 0.2) is 46.9 Å². The molecule has 2 aromatic carbocycles. The zero-order valence-corrected chi connectivity index (χ0v) is 12.7. The topological polar surface area (TPSA) is 29.1 Å². The zero-order chi connectivity index (χ0) is 15.6. The summed E-state index contributed by atoms with van der Waals surface area (Å²) < 4.78 is 37.8. The maximum atomic E-state index is 12.4. The van der Waals surface area contributed by atoms with E-state index in [1.54, 1.807) is 6.07 Å². The summed E-state index contributed by atoms with van der Waals surface area (Å²) in [5, 5.41) is 2.97. The maximum absolute atomic E-state index is 12.4. The van der Waals surface area contributed by atoms with Gasteiger partial charge in [0.2, 0.25) is 0 Å². The van der Waals surface area contributed by atoms with Crippen molar-refractivity contribution in [2.75, 3.05) is 5.32 Å². The van der Waals surface area contributed by atoms with Crippen LogP contribution in [0.25, 0.3) is 0 Å². The Kier molecular flexibility index (Phi) is 4.58. The Labute approximate surface area is 132 Å². The third-order valence-corrected chi connectivity index (χ3v) is 3.87. The number of amides is 1. The highest BCUT2D eigenvalue weighted by Crippen LogP contribution is 2.30. The highest BCUT2D eigenvalue weighted by molar-refractivity contribution is 9.10. The van der Waals surface area contributed by atoms with Crippen molar-refractivity contribution in [2.24, 2.45) is 0 Å². The molecule has 0 saturated heterocycles. The lowest BCUT2D eigenvalue weighted by Crippen LogP contribution is -2.12. The Bertz CT molecular complexity index is 671. The smallest absolute Gasteiger partial charge is 0.322 e. The molecule has 0 saturated carbocycles. The van der Waals surface area contributed by atoms with Crippen molar-refractivity contribution in [1.29, 1.82) is 0 Å². The first-order valence-electron chi connectivity index (χ1n) is 5.71. The standard InChI is InChI=1S/C14H8BrClF3NO/c15-11-7-8(1-6-12(11)16)13(21)20-10-4-2-9(3-5-10)14(17,18)19/h1-7H,(H,20,21). The number of carbonyl (C=O) groups excluding carboxylic acids is 1. The quantitative estimate of drug-likeness (QED) is 0.747. The van der Waals surface area contributed by atoms with Gasteiger partial charge in [-0.3, -0.25) is 4.79 Å². The van der Waals surface area contributed by atoms with E-state index in [0.717, 1.165) is 12.1 Å². The molecule has 0 fully saturated rings. The molecule has 0 bridgehead atoms. The number of anilines is 1. The molecule has 0 aliphatic carbocycles. The Hall–Kier alpha value is -1.53. The van der Waals surface area contributed by atoms with E-state index in [9.17, 15) is 18.0 Å². The summed E-state index contributed by atoms with van der Waals surface area (Å²) in [5.74, 6) is -0.438. The summed E-state index contributed by atoms with van der Waals surface area (Å²) in [5.41, 5.74) is -0.153. The van der Waals surface area contributed by atoms with E-state index in [-0.39, 0.29) is 5.69 Å². The van der Waals surface area contributed by atoms with Crippen molar-refractivity contribution in [3.05, 3.63) is 63.1 Å². The van der Waals surface area contributed by atoms with Crippen molar-refractivity contribution in [2.45, 2.75) is 6.18 Å². The minimum atomic E-state index is -4.40. The summed E-state index contributed by atoms with van der Waals surface area (Å²) in [6.07, 6.45) is -4.40. The molecule has 0 heterocycles. The van der Waals surface area contributed by atoms with Crippen LogP contribution in [0.3, 0.4) is 0 Å². The fourth-order valence-corrected chi connectivity index (χ4v) is 2.08. The van der Waals surface area contributed by atoms with Gasteiger partial charge in [0.15, 0.2) is 0 Å². The summed E-state index contributed by atoms with van der Waals surface area (Å²) in [6.45, 7) is 0. The summed E-state index contributed by atoms with van der Waals surface area (Å²) in [4.78, 5) is 12.0. The maximum Gasteiger partial charge on any atom is 0.416 e. The molecule has 2 aromatic rings. The van der Waals surface area contributed by atoms with Crippen LogP contribution in [0.2, 0.25) is 5.02 Å². The van der Waals surface area contributed by atoms with E-state index >= 15 is 0 Å². The summed E-state index contributed by atoms with van der Waals surface area (Å²) in [7, 11) is 0. The second-order valence-electron chi connectivity index (χ2n) is 4.16. The van der Waals surface area contributed by atoms with Crippen LogP contribution in [0.5, 0.6) is 0 Å². The molecule has 21 heavy (non-hydrogen) atoms. The molecule has 7 heteroatoms. The first kappa shape index (κ1) is 15.9. The van der Waals surface area contributed by atoms with E-state index in [1.165, 1.54) is 24.3 Å². The van der Waals surface area contributed by atoms with Gasteiger partial charge in [-0.2, -0.15) is 13.2 Å². The molecule has 1 N–H and O–H groups in total. The second kappa shape index (κ2) is 6.07. The molecule has 1 amide bonds. The predicted molar refractivity (Wildman–Crippen MR) is 78.5 cm³/mol. The van der Waals surface area contributed by atoms with Crippen LogP contribution in [0, 0.1) is 0 Å². The van der Waals surface area contributed by atoms with Crippen LogP contribution in [0.4, 0.5) is 18.9 Å². The number of alkyl halides is 3. The normalized spacial score (nSPS) is 11.3. The van der Waals surface area contributed by atoms with E-state index in [1.807, 2.05) is 0 Å². The highest BCUT2D eigenvalue weighted by atomic mass is 79.9. The molecule has 0 atom stereocenters. The molecular weight excluding hydrogens is 371 g/mol. The first-order valence-corrected chi connectivity index (χ1v) is 6.88. The van der Waals surface area contributed by atoms with Crippen LogP contribution >= 0.6 is 27.5 Å². The molecule has 0 aromatic heterocycles. The highest BCUT2D eigenvalue weighted by Gasteiger charge is 2.29. The van der Waals surface area contributed by atoms with Crippen LogP contribution in [0.1, 0.15) is 15.9 Å². The Morgan fingerprint density at radius 3 is 2.24 bits per heavy atom. The predicted octanol–water partition coefficient (Wildman–Crippen LogP) is 5.37. The number of carbonyl (C=O) groups is 1. The van der Waals surface area contributed by atoms with Gasteiger partial charge in [-0.1, -0.05) is 11.6 Å². The SMILES string of the molecule is O=C(Nc1ccc(C(F)(F)F)cc1)c1ccc(Cl)c(Br)c1. The molecule has 0 aliphatic rings. The largest absolute Gasteiger partial charge is 0.416 e. The van der Waals surface area contributed by atoms with Crippen LogP contribution in [-0.4, -0.2) is 5.91 Å².